The Morgan fingerprint density at radius 2 is 1.86 bits per heavy atom. The highest BCUT2D eigenvalue weighted by Gasteiger charge is 2.36. The Hall–Kier alpha value is -2.60. The van der Waals surface area contributed by atoms with E-state index in [9.17, 15) is 0 Å². The van der Waals surface area contributed by atoms with Crippen LogP contribution in [0, 0.1) is 11.3 Å². The first-order valence-electron chi connectivity index (χ1n) is 14.3. The van der Waals surface area contributed by atoms with Crippen molar-refractivity contribution in [2.24, 2.45) is 11.3 Å². The maximum Gasteiger partial charge on any atom is 0.0231 e. The molecule has 0 nitrogen and oxygen atoms in total. The highest BCUT2D eigenvalue weighted by atomic mass is 14.4. The summed E-state index contributed by atoms with van der Waals surface area (Å²) in [4.78, 5) is 0. The van der Waals surface area contributed by atoms with Gasteiger partial charge >= 0.3 is 0 Å². The molecule has 1 fully saturated rings. The van der Waals surface area contributed by atoms with E-state index in [2.05, 4.69) is 119 Å². The van der Waals surface area contributed by atoms with Crippen LogP contribution in [0.4, 0.5) is 0 Å². The van der Waals surface area contributed by atoms with Crippen LogP contribution in [-0.4, -0.2) is 0 Å². The molecule has 2 aliphatic carbocycles. The quantitative estimate of drug-likeness (QED) is 0.231. The fourth-order valence-corrected chi connectivity index (χ4v) is 6.24. The second kappa shape index (κ2) is 14.2. The lowest BCUT2D eigenvalue weighted by Gasteiger charge is -2.40. The van der Waals surface area contributed by atoms with Crippen LogP contribution in [0.3, 0.4) is 0 Å². The van der Waals surface area contributed by atoms with E-state index >= 15 is 0 Å². The van der Waals surface area contributed by atoms with Gasteiger partial charge in [0, 0.05) is 11.3 Å². The molecular weight excluding hydrogens is 432 g/mol. The third-order valence-corrected chi connectivity index (χ3v) is 8.37. The molecule has 0 heteroatoms. The molecule has 0 spiro atoms. The van der Waals surface area contributed by atoms with Gasteiger partial charge in [-0.05, 0) is 75.5 Å². The second-order valence-corrected chi connectivity index (χ2v) is 10.7. The Balaban J connectivity index is 1.82. The smallest absolute Gasteiger partial charge is 0.0231 e. The Labute approximate surface area is 222 Å². The third kappa shape index (κ3) is 7.00. The van der Waals surface area contributed by atoms with Crippen LogP contribution in [0.15, 0.2) is 114 Å². The molecule has 0 amide bonds. The molecule has 36 heavy (non-hydrogen) atoms. The number of hydrogen-bond donors (Lipinski definition) is 0. The Morgan fingerprint density at radius 3 is 2.53 bits per heavy atom. The van der Waals surface area contributed by atoms with Gasteiger partial charge in [-0.3, -0.25) is 0 Å². The first kappa shape index (κ1) is 28.0. The van der Waals surface area contributed by atoms with E-state index in [1.165, 1.54) is 72.8 Å². The minimum absolute atomic E-state index is 0.160. The van der Waals surface area contributed by atoms with Crippen molar-refractivity contribution in [3.63, 3.8) is 0 Å². The van der Waals surface area contributed by atoms with Crippen LogP contribution in [0.5, 0.6) is 0 Å². The zero-order chi connectivity index (χ0) is 25.8. The van der Waals surface area contributed by atoms with Crippen LogP contribution in [0.1, 0.15) is 97.0 Å². The first-order valence-corrected chi connectivity index (χ1v) is 14.3. The summed E-state index contributed by atoms with van der Waals surface area (Å²) >= 11 is 0. The van der Waals surface area contributed by atoms with Crippen LogP contribution in [-0.2, 0) is 0 Å². The second-order valence-electron chi connectivity index (χ2n) is 10.7. The van der Waals surface area contributed by atoms with E-state index in [0.717, 1.165) is 12.8 Å². The van der Waals surface area contributed by atoms with Gasteiger partial charge in [0.1, 0.15) is 0 Å². The van der Waals surface area contributed by atoms with Gasteiger partial charge in [-0.15, -0.1) is 0 Å². The Kier molecular flexibility index (Phi) is 11.1. The molecule has 0 bridgehead atoms. The molecule has 0 heterocycles. The molecule has 1 saturated carbocycles. The van der Waals surface area contributed by atoms with Crippen molar-refractivity contribution >= 4 is 0 Å². The van der Waals surface area contributed by atoms with Crippen LogP contribution < -0.4 is 0 Å². The van der Waals surface area contributed by atoms with Crippen LogP contribution in [0.2, 0.25) is 0 Å². The molecule has 0 aliphatic heterocycles. The largest absolute Gasteiger partial charge is 0.0986 e. The summed E-state index contributed by atoms with van der Waals surface area (Å²) in [6.45, 7) is 13.4. The average Bonchev–Trinajstić information content (AvgIpc) is 3.11. The number of rotatable bonds is 10. The van der Waals surface area contributed by atoms with Gasteiger partial charge in [0.15, 0.2) is 0 Å². The Bertz CT molecular complexity index is 1020. The molecule has 0 radical (unpaired) electrons. The van der Waals surface area contributed by atoms with Crippen LogP contribution in [0.25, 0.3) is 0 Å². The van der Waals surface area contributed by atoms with E-state index in [4.69, 9.17) is 0 Å². The van der Waals surface area contributed by atoms with Crippen molar-refractivity contribution in [1.29, 1.82) is 0 Å². The standard InChI is InChI=1S/C36H48/c1-6-17-31(8-3)32(18-7-2)20-14-13-19-30(5)36(27-15-10-16-28-36)34-24-23-29(4)35(26-25-34)33-21-11-9-12-22-33/h6,8-9,11-14,17,19,21-22,24-26,32,35H,4,7,10,15-16,18,20,23,27-28H2,1-3,5H3/b14-13-,17-6-,30-19+,31-8+. The van der Waals surface area contributed by atoms with Gasteiger partial charge in [0.2, 0.25) is 0 Å². The summed E-state index contributed by atoms with van der Waals surface area (Å²) in [5, 5.41) is 0. The van der Waals surface area contributed by atoms with Crippen molar-refractivity contribution < 1.29 is 0 Å². The van der Waals surface area contributed by atoms with Gasteiger partial charge in [0.05, 0.1) is 0 Å². The van der Waals surface area contributed by atoms with E-state index in [1.807, 2.05) is 0 Å². The van der Waals surface area contributed by atoms with Crippen molar-refractivity contribution in [1.82, 2.24) is 0 Å². The van der Waals surface area contributed by atoms with E-state index in [1.54, 1.807) is 0 Å². The molecule has 192 valence electrons. The summed E-state index contributed by atoms with van der Waals surface area (Å²) in [6.07, 6.45) is 32.3. The minimum atomic E-state index is 0.160. The SMILES string of the molecule is C=C1CC=C(C2(/C(C)=C/C=C\CC(CCC)C(/C=C\C)=C/C)CCCCC2)C=CC1c1ccccc1. The predicted octanol–water partition coefficient (Wildman–Crippen LogP) is 11.0. The van der Waals surface area contributed by atoms with Gasteiger partial charge in [-0.1, -0.05) is 135 Å². The maximum absolute atomic E-state index is 4.47. The molecule has 0 saturated heterocycles. The molecule has 0 aromatic heterocycles. The van der Waals surface area contributed by atoms with Gasteiger partial charge in [-0.2, -0.15) is 0 Å². The molecule has 0 N–H and O–H groups in total. The molecule has 2 unspecified atom stereocenters. The summed E-state index contributed by atoms with van der Waals surface area (Å²) in [6, 6.07) is 10.8. The topological polar surface area (TPSA) is 0 Å². The molecule has 2 aliphatic rings. The zero-order valence-electron chi connectivity index (χ0n) is 23.3. The van der Waals surface area contributed by atoms with E-state index in [0.29, 0.717) is 11.8 Å². The lowest BCUT2D eigenvalue weighted by molar-refractivity contribution is 0.294. The average molecular weight is 481 g/mol. The monoisotopic (exact) mass is 480 g/mol. The van der Waals surface area contributed by atoms with Crippen molar-refractivity contribution in [3.8, 4) is 0 Å². The van der Waals surface area contributed by atoms with Gasteiger partial charge in [-0.25, -0.2) is 0 Å². The number of benzene rings is 1. The summed E-state index contributed by atoms with van der Waals surface area (Å²) in [7, 11) is 0. The van der Waals surface area contributed by atoms with Crippen molar-refractivity contribution in [3.05, 3.63) is 119 Å². The summed E-state index contributed by atoms with van der Waals surface area (Å²) < 4.78 is 0. The fourth-order valence-electron chi connectivity index (χ4n) is 6.24. The third-order valence-electron chi connectivity index (χ3n) is 8.37. The Morgan fingerprint density at radius 1 is 1.11 bits per heavy atom. The number of allylic oxidation sites excluding steroid dienone is 13. The minimum Gasteiger partial charge on any atom is -0.0986 e. The van der Waals surface area contributed by atoms with Crippen molar-refractivity contribution in [2.45, 2.75) is 91.4 Å². The van der Waals surface area contributed by atoms with E-state index in [-0.39, 0.29) is 5.41 Å². The molecular formula is C36H48. The highest BCUT2D eigenvalue weighted by molar-refractivity contribution is 5.44. The zero-order valence-corrected chi connectivity index (χ0v) is 23.3. The number of hydrogen-bond acceptors (Lipinski definition) is 0. The maximum atomic E-state index is 4.47. The fraction of sp³-hybridized carbons (Fsp3) is 0.444. The van der Waals surface area contributed by atoms with Gasteiger partial charge in [0.25, 0.3) is 0 Å². The normalized spacial score (nSPS) is 22.2. The van der Waals surface area contributed by atoms with Crippen molar-refractivity contribution in [2.75, 3.05) is 0 Å². The molecule has 2 atom stereocenters. The lowest BCUT2D eigenvalue weighted by atomic mass is 9.64. The summed E-state index contributed by atoms with van der Waals surface area (Å²) in [5.74, 6) is 0.913. The van der Waals surface area contributed by atoms with Crippen LogP contribution >= 0.6 is 0 Å². The molecule has 3 rings (SSSR count). The first-order chi connectivity index (χ1) is 17.6. The summed E-state index contributed by atoms with van der Waals surface area (Å²) in [5.41, 5.74) is 7.30. The highest BCUT2D eigenvalue weighted by Crippen LogP contribution is 2.50. The van der Waals surface area contributed by atoms with E-state index < -0.39 is 0 Å². The molecule has 1 aromatic carbocycles. The molecule has 1 aromatic rings. The van der Waals surface area contributed by atoms with Gasteiger partial charge < -0.3 is 0 Å². The lowest BCUT2D eigenvalue weighted by Crippen LogP contribution is -2.27. The predicted molar refractivity (Wildman–Crippen MR) is 160 cm³/mol.